The van der Waals surface area contributed by atoms with Crippen molar-refractivity contribution in [1.82, 2.24) is 5.32 Å². The Bertz CT molecular complexity index is 380. The molecule has 108 valence electrons. The molecular weight excluding hydrogens is 262 g/mol. The molecule has 2 unspecified atom stereocenters. The van der Waals surface area contributed by atoms with Crippen molar-refractivity contribution in [2.24, 2.45) is 22.2 Å². The molecule has 0 radical (unpaired) electrons. The van der Waals surface area contributed by atoms with Gasteiger partial charge in [0, 0.05) is 11.3 Å². The summed E-state index contributed by atoms with van der Waals surface area (Å²) in [5.74, 6) is 0.448. The maximum atomic E-state index is 12.5. The van der Waals surface area contributed by atoms with Crippen LogP contribution in [-0.2, 0) is 4.79 Å². The Hall–Kier alpha value is -0.910. The van der Waals surface area contributed by atoms with E-state index in [1.165, 1.54) is 0 Å². The molecule has 0 saturated heterocycles. The first kappa shape index (κ1) is 14.5. The Labute approximate surface area is 118 Å². The number of amidine groups is 1. The van der Waals surface area contributed by atoms with Crippen LogP contribution in [0.4, 0.5) is 0 Å². The number of rotatable bonds is 4. The van der Waals surface area contributed by atoms with E-state index in [4.69, 9.17) is 10.9 Å². The van der Waals surface area contributed by atoms with Crippen molar-refractivity contribution in [1.29, 1.82) is 0 Å². The van der Waals surface area contributed by atoms with Crippen LogP contribution < -0.4 is 11.1 Å². The molecule has 0 aromatic rings. The number of oxime groups is 1. The number of carbonyl (C=O) groups excluding carboxylic acids is 1. The van der Waals surface area contributed by atoms with Crippen LogP contribution in [0.3, 0.4) is 0 Å². The number of carbonyl (C=O) groups is 1. The molecule has 0 aliphatic heterocycles. The second-order valence-electron chi connectivity index (χ2n) is 5.92. The van der Waals surface area contributed by atoms with Gasteiger partial charge in [0.2, 0.25) is 5.91 Å². The molecule has 0 bridgehead atoms. The lowest BCUT2D eigenvalue weighted by Crippen LogP contribution is -2.58. The van der Waals surface area contributed by atoms with Gasteiger partial charge in [0.15, 0.2) is 5.84 Å². The third-order valence-corrected chi connectivity index (χ3v) is 5.57. The summed E-state index contributed by atoms with van der Waals surface area (Å²) in [6.07, 6.45) is 6.66. The molecule has 2 fully saturated rings. The van der Waals surface area contributed by atoms with Gasteiger partial charge in [-0.1, -0.05) is 12.1 Å². The Morgan fingerprint density at radius 3 is 2.63 bits per heavy atom. The van der Waals surface area contributed by atoms with Gasteiger partial charge in [-0.2, -0.15) is 11.8 Å². The van der Waals surface area contributed by atoms with Crippen molar-refractivity contribution in [3.05, 3.63) is 0 Å². The molecule has 0 aromatic heterocycles. The molecule has 2 saturated carbocycles. The van der Waals surface area contributed by atoms with E-state index in [2.05, 4.69) is 23.7 Å². The number of nitrogens with zero attached hydrogens (tertiary/aromatic N) is 1. The summed E-state index contributed by atoms with van der Waals surface area (Å²) in [6, 6.07) is 0.240. The Kier molecular flexibility index (Phi) is 4.28. The van der Waals surface area contributed by atoms with Gasteiger partial charge in [-0.15, -0.1) is 0 Å². The maximum Gasteiger partial charge on any atom is 0.234 e. The summed E-state index contributed by atoms with van der Waals surface area (Å²) in [5, 5.41) is 15.7. The van der Waals surface area contributed by atoms with Crippen LogP contribution in [0.25, 0.3) is 0 Å². The van der Waals surface area contributed by atoms with E-state index < -0.39 is 5.41 Å². The topological polar surface area (TPSA) is 87.7 Å². The summed E-state index contributed by atoms with van der Waals surface area (Å²) in [7, 11) is 0. The second-order valence-corrected chi connectivity index (χ2v) is 7.06. The summed E-state index contributed by atoms with van der Waals surface area (Å²) in [4.78, 5) is 12.5. The molecule has 6 heteroatoms. The highest BCUT2D eigenvalue weighted by Gasteiger charge is 2.52. The van der Waals surface area contributed by atoms with Crippen LogP contribution in [0.2, 0.25) is 0 Å². The third-order valence-electron chi connectivity index (χ3n) is 4.48. The molecule has 0 heterocycles. The van der Waals surface area contributed by atoms with Crippen molar-refractivity contribution >= 4 is 23.5 Å². The molecule has 0 spiro atoms. The van der Waals surface area contributed by atoms with Crippen LogP contribution in [-0.4, -0.2) is 34.5 Å². The van der Waals surface area contributed by atoms with Crippen molar-refractivity contribution in [3.63, 3.8) is 0 Å². The first-order valence-electron chi connectivity index (χ1n) is 6.83. The Balaban J connectivity index is 1.98. The second kappa shape index (κ2) is 5.61. The zero-order chi connectivity index (χ0) is 14.0. The van der Waals surface area contributed by atoms with E-state index in [1.54, 1.807) is 0 Å². The van der Waals surface area contributed by atoms with Crippen LogP contribution in [0.5, 0.6) is 0 Å². The lowest BCUT2D eigenvalue weighted by atomic mass is 9.61. The number of nitrogens with two attached hydrogens (primary N) is 1. The number of hydrogen-bond donors (Lipinski definition) is 3. The highest BCUT2D eigenvalue weighted by atomic mass is 32.2. The van der Waals surface area contributed by atoms with Crippen molar-refractivity contribution in [3.8, 4) is 0 Å². The van der Waals surface area contributed by atoms with Crippen LogP contribution in [0, 0.1) is 11.3 Å². The fraction of sp³-hybridized carbons (Fsp3) is 0.846. The Morgan fingerprint density at radius 2 is 2.16 bits per heavy atom. The number of nitrogens with one attached hydrogen (secondary N) is 1. The number of hydrogen-bond acceptors (Lipinski definition) is 4. The van der Waals surface area contributed by atoms with Crippen molar-refractivity contribution < 1.29 is 10.0 Å². The van der Waals surface area contributed by atoms with Gasteiger partial charge in [0.05, 0.1) is 0 Å². The maximum absolute atomic E-state index is 12.5. The minimum Gasteiger partial charge on any atom is -0.409 e. The summed E-state index contributed by atoms with van der Waals surface area (Å²) in [5.41, 5.74) is 4.97. The zero-order valence-electron chi connectivity index (χ0n) is 11.6. The molecule has 0 aromatic carbocycles. The summed E-state index contributed by atoms with van der Waals surface area (Å²) < 4.78 is 0. The van der Waals surface area contributed by atoms with Gasteiger partial charge in [-0.05, 0) is 44.3 Å². The molecule has 2 rings (SSSR count). The summed E-state index contributed by atoms with van der Waals surface area (Å²) >= 11 is 1.86. The van der Waals surface area contributed by atoms with Gasteiger partial charge >= 0.3 is 0 Å². The minimum atomic E-state index is -0.772. The average molecular weight is 285 g/mol. The fourth-order valence-corrected chi connectivity index (χ4v) is 4.14. The largest absolute Gasteiger partial charge is 0.409 e. The highest BCUT2D eigenvalue weighted by Crippen LogP contribution is 2.46. The molecule has 2 aliphatic rings. The molecule has 4 N–H and O–H groups in total. The molecule has 1 amide bonds. The minimum absolute atomic E-state index is 0.0579. The third kappa shape index (κ3) is 2.68. The highest BCUT2D eigenvalue weighted by molar-refractivity contribution is 7.99. The van der Waals surface area contributed by atoms with Crippen LogP contribution >= 0.6 is 11.8 Å². The van der Waals surface area contributed by atoms with Crippen LogP contribution in [0.1, 0.15) is 39.0 Å². The Morgan fingerprint density at radius 1 is 1.47 bits per heavy atom. The van der Waals surface area contributed by atoms with E-state index >= 15 is 0 Å². The first-order valence-corrected chi connectivity index (χ1v) is 8.12. The average Bonchev–Trinajstić information content (AvgIpc) is 2.81. The van der Waals surface area contributed by atoms with Gasteiger partial charge < -0.3 is 16.3 Å². The number of thioether (sulfide) groups is 1. The smallest absolute Gasteiger partial charge is 0.234 e. The quantitative estimate of drug-likeness (QED) is 0.316. The van der Waals surface area contributed by atoms with Gasteiger partial charge in [0.25, 0.3) is 0 Å². The van der Waals surface area contributed by atoms with E-state index in [1.807, 2.05) is 11.8 Å². The standard InChI is InChI=1S/C13H23N3O2S/c1-8-6-13(7-8,11(14)16-18)12(17)15-9-3-4-10(5-9)19-2/h8-10,18H,3-7H2,1-2H3,(H2,14,16)(H,15,17). The molecule has 5 nitrogen and oxygen atoms in total. The summed E-state index contributed by atoms with van der Waals surface area (Å²) in [6.45, 7) is 2.08. The molecule has 19 heavy (non-hydrogen) atoms. The predicted molar refractivity (Wildman–Crippen MR) is 77.3 cm³/mol. The SMILES string of the molecule is CSC1CCC(NC(=O)C2(C(N)=NO)CC(C)C2)C1. The first-order chi connectivity index (χ1) is 9.01. The van der Waals surface area contributed by atoms with E-state index in [0.717, 1.165) is 19.3 Å². The molecule has 2 aliphatic carbocycles. The van der Waals surface area contributed by atoms with Gasteiger partial charge in [-0.3, -0.25) is 4.79 Å². The molecule has 2 atom stereocenters. The normalized spacial score (nSPS) is 38.8. The number of amides is 1. The lowest BCUT2D eigenvalue weighted by molar-refractivity contribution is -0.133. The van der Waals surface area contributed by atoms with Crippen molar-refractivity contribution in [2.45, 2.75) is 50.3 Å². The zero-order valence-corrected chi connectivity index (χ0v) is 12.4. The predicted octanol–water partition coefficient (Wildman–Crippen LogP) is 1.55. The lowest BCUT2D eigenvalue weighted by Gasteiger charge is -2.44. The van der Waals surface area contributed by atoms with Gasteiger partial charge in [-0.25, -0.2) is 0 Å². The molecular formula is C13H23N3O2S. The van der Waals surface area contributed by atoms with Crippen LogP contribution in [0.15, 0.2) is 5.16 Å². The monoisotopic (exact) mass is 285 g/mol. The van der Waals surface area contributed by atoms with E-state index in [9.17, 15) is 4.79 Å². The van der Waals surface area contributed by atoms with Gasteiger partial charge in [0.1, 0.15) is 5.41 Å². The van der Waals surface area contributed by atoms with Crippen molar-refractivity contribution in [2.75, 3.05) is 6.26 Å². The fourth-order valence-electron chi connectivity index (χ4n) is 3.35. The van der Waals surface area contributed by atoms with E-state index in [-0.39, 0.29) is 17.8 Å². The van der Waals surface area contributed by atoms with E-state index in [0.29, 0.717) is 24.0 Å².